The molecule has 68 valence electrons. The van der Waals surface area contributed by atoms with Gasteiger partial charge >= 0.3 is 5.97 Å². The Hall–Kier alpha value is -1.22. The highest BCUT2D eigenvalue weighted by atomic mass is 32.1. The van der Waals surface area contributed by atoms with Gasteiger partial charge in [-0.1, -0.05) is 30.4 Å². The molecule has 0 N–H and O–H groups in total. The van der Waals surface area contributed by atoms with Crippen molar-refractivity contribution in [2.75, 3.05) is 0 Å². The van der Waals surface area contributed by atoms with Crippen molar-refractivity contribution < 1.29 is 9.53 Å². The van der Waals surface area contributed by atoms with Gasteiger partial charge in [-0.05, 0) is 19.1 Å². The standard InChI is InChI=1S/C10H10O2S/c1-8(7-13)12-10(11)9-5-3-2-4-6-9/h2-8H,1H3. The molecule has 0 aliphatic rings. The molecule has 0 radical (unpaired) electrons. The largest absolute Gasteiger partial charge is 0.454 e. The van der Waals surface area contributed by atoms with E-state index in [4.69, 9.17) is 4.74 Å². The van der Waals surface area contributed by atoms with E-state index in [1.165, 1.54) is 5.37 Å². The van der Waals surface area contributed by atoms with E-state index in [-0.39, 0.29) is 12.1 Å². The molecule has 0 spiro atoms. The maximum atomic E-state index is 11.3. The van der Waals surface area contributed by atoms with Gasteiger partial charge in [0, 0.05) is 5.37 Å². The summed E-state index contributed by atoms with van der Waals surface area (Å²) in [6.07, 6.45) is -0.317. The molecule has 0 saturated carbocycles. The van der Waals surface area contributed by atoms with Gasteiger partial charge in [0.1, 0.15) is 6.10 Å². The second kappa shape index (κ2) is 4.72. The molecule has 1 aromatic carbocycles. The zero-order valence-electron chi connectivity index (χ0n) is 7.27. The summed E-state index contributed by atoms with van der Waals surface area (Å²) in [7, 11) is 0. The molecule has 0 aromatic heterocycles. The normalized spacial score (nSPS) is 11.8. The van der Waals surface area contributed by atoms with Crippen LogP contribution < -0.4 is 0 Å². The smallest absolute Gasteiger partial charge is 0.338 e. The van der Waals surface area contributed by atoms with Crippen LogP contribution in [0.1, 0.15) is 17.3 Å². The van der Waals surface area contributed by atoms with Gasteiger partial charge < -0.3 is 4.74 Å². The number of thiocarbonyl (C=S) groups is 1. The van der Waals surface area contributed by atoms with Gasteiger partial charge in [0.2, 0.25) is 0 Å². The minimum absolute atomic E-state index is 0.317. The van der Waals surface area contributed by atoms with E-state index in [0.717, 1.165) is 0 Å². The molecule has 2 nitrogen and oxygen atoms in total. The third-order valence-electron chi connectivity index (χ3n) is 1.49. The molecule has 3 heteroatoms. The number of esters is 1. The lowest BCUT2D eigenvalue weighted by atomic mass is 10.2. The SMILES string of the molecule is CC(C=S)OC(=O)c1ccccc1. The fourth-order valence-corrected chi connectivity index (χ4v) is 0.894. The second-order valence-electron chi connectivity index (χ2n) is 2.61. The molecule has 0 saturated heterocycles. The van der Waals surface area contributed by atoms with Crippen LogP contribution in [0, 0.1) is 0 Å². The van der Waals surface area contributed by atoms with E-state index < -0.39 is 0 Å². The van der Waals surface area contributed by atoms with Crippen LogP contribution in [0.5, 0.6) is 0 Å². The molecule has 1 unspecified atom stereocenters. The summed E-state index contributed by atoms with van der Waals surface area (Å²) >= 11 is 4.64. The van der Waals surface area contributed by atoms with Gasteiger partial charge in [0.15, 0.2) is 0 Å². The Kier molecular flexibility index (Phi) is 3.58. The van der Waals surface area contributed by atoms with Crippen molar-refractivity contribution in [1.29, 1.82) is 0 Å². The minimum Gasteiger partial charge on any atom is -0.454 e. The predicted octanol–water partition coefficient (Wildman–Crippen LogP) is 2.23. The quantitative estimate of drug-likeness (QED) is 0.545. The number of hydrogen-bond acceptors (Lipinski definition) is 3. The van der Waals surface area contributed by atoms with Crippen LogP contribution in [0.4, 0.5) is 0 Å². The van der Waals surface area contributed by atoms with Gasteiger partial charge in [-0.2, -0.15) is 0 Å². The summed E-state index contributed by atoms with van der Waals surface area (Å²) in [6.45, 7) is 1.73. The maximum absolute atomic E-state index is 11.3. The van der Waals surface area contributed by atoms with Crippen molar-refractivity contribution in [1.82, 2.24) is 0 Å². The lowest BCUT2D eigenvalue weighted by molar-refractivity contribution is 0.0461. The van der Waals surface area contributed by atoms with Gasteiger partial charge in [-0.15, -0.1) is 0 Å². The summed E-state index contributed by atoms with van der Waals surface area (Å²) in [5.74, 6) is -0.339. The van der Waals surface area contributed by atoms with Crippen LogP contribution in [-0.4, -0.2) is 17.4 Å². The zero-order valence-corrected chi connectivity index (χ0v) is 8.08. The van der Waals surface area contributed by atoms with E-state index in [1.54, 1.807) is 31.2 Å². The van der Waals surface area contributed by atoms with Crippen molar-refractivity contribution >= 4 is 23.6 Å². The van der Waals surface area contributed by atoms with Crippen LogP contribution in [0.25, 0.3) is 0 Å². The molecule has 0 aliphatic carbocycles. The lowest BCUT2D eigenvalue weighted by Gasteiger charge is -2.07. The number of carbonyl (C=O) groups excluding carboxylic acids is 1. The Bertz CT molecular complexity index is 295. The van der Waals surface area contributed by atoms with Gasteiger partial charge in [-0.3, -0.25) is 0 Å². The van der Waals surface area contributed by atoms with Crippen molar-refractivity contribution in [2.45, 2.75) is 13.0 Å². The summed E-state index contributed by atoms with van der Waals surface area (Å²) < 4.78 is 4.99. The Morgan fingerprint density at radius 3 is 2.62 bits per heavy atom. The molecule has 1 atom stereocenters. The number of rotatable bonds is 3. The van der Waals surface area contributed by atoms with E-state index in [9.17, 15) is 4.79 Å². The topological polar surface area (TPSA) is 26.3 Å². The van der Waals surface area contributed by atoms with Crippen LogP contribution in [-0.2, 0) is 4.74 Å². The number of ether oxygens (including phenoxy) is 1. The van der Waals surface area contributed by atoms with Crippen LogP contribution >= 0.6 is 12.2 Å². The predicted molar refractivity (Wildman–Crippen MR) is 55.0 cm³/mol. The lowest BCUT2D eigenvalue weighted by Crippen LogP contribution is -2.15. The van der Waals surface area contributed by atoms with Crippen molar-refractivity contribution in [3.63, 3.8) is 0 Å². The molecule has 13 heavy (non-hydrogen) atoms. The van der Waals surface area contributed by atoms with Crippen LogP contribution in [0.3, 0.4) is 0 Å². The fourth-order valence-electron chi connectivity index (χ4n) is 0.839. The summed E-state index contributed by atoms with van der Waals surface area (Å²) in [4.78, 5) is 11.3. The van der Waals surface area contributed by atoms with Crippen LogP contribution in [0.15, 0.2) is 30.3 Å². The van der Waals surface area contributed by atoms with Gasteiger partial charge in [-0.25, -0.2) is 4.79 Å². The third-order valence-corrected chi connectivity index (χ3v) is 1.88. The number of benzene rings is 1. The Labute approximate surface area is 82.5 Å². The average molecular weight is 194 g/mol. The summed E-state index contributed by atoms with van der Waals surface area (Å²) in [5.41, 5.74) is 0.547. The zero-order chi connectivity index (χ0) is 9.68. The van der Waals surface area contributed by atoms with E-state index in [1.807, 2.05) is 6.07 Å². The second-order valence-corrected chi connectivity index (χ2v) is 2.88. The highest BCUT2D eigenvalue weighted by molar-refractivity contribution is 7.79. The van der Waals surface area contributed by atoms with Crippen molar-refractivity contribution in [3.05, 3.63) is 35.9 Å². The number of hydrogen-bond donors (Lipinski definition) is 0. The molecular formula is C10H10O2S. The first-order valence-corrected chi connectivity index (χ1v) is 4.42. The average Bonchev–Trinajstić information content (AvgIpc) is 2.19. The molecule has 0 aliphatic heterocycles. The molecule has 0 fully saturated rings. The molecule has 0 heterocycles. The first-order valence-electron chi connectivity index (χ1n) is 3.95. The summed E-state index contributed by atoms with van der Waals surface area (Å²) in [6, 6.07) is 8.84. The van der Waals surface area contributed by atoms with Crippen LogP contribution in [0.2, 0.25) is 0 Å². The minimum atomic E-state index is -0.339. The fraction of sp³-hybridized carbons (Fsp3) is 0.200. The molecule has 1 rings (SSSR count). The van der Waals surface area contributed by atoms with E-state index >= 15 is 0 Å². The van der Waals surface area contributed by atoms with Crippen molar-refractivity contribution in [2.24, 2.45) is 0 Å². The molecule has 1 aromatic rings. The highest BCUT2D eigenvalue weighted by Gasteiger charge is 2.08. The van der Waals surface area contributed by atoms with E-state index in [0.29, 0.717) is 5.56 Å². The monoisotopic (exact) mass is 194 g/mol. The molecule has 0 amide bonds. The Morgan fingerprint density at radius 1 is 1.46 bits per heavy atom. The first kappa shape index (κ1) is 9.86. The van der Waals surface area contributed by atoms with Gasteiger partial charge in [0.05, 0.1) is 5.56 Å². The highest BCUT2D eigenvalue weighted by Crippen LogP contribution is 2.02. The first-order chi connectivity index (χ1) is 6.24. The van der Waals surface area contributed by atoms with E-state index in [2.05, 4.69) is 12.2 Å². The Morgan fingerprint density at radius 2 is 2.08 bits per heavy atom. The van der Waals surface area contributed by atoms with Crippen molar-refractivity contribution in [3.8, 4) is 0 Å². The van der Waals surface area contributed by atoms with Gasteiger partial charge in [0.25, 0.3) is 0 Å². The molecular weight excluding hydrogens is 184 g/mol. The maximum Gasteiger partial charge on any atom is 0.338 e. The number of carbonyl (C=O) groups is 1. The third kappa shape index (κ3) is 2.95. The summed E-state index contributed by atoms with van der Waals surface area (Å²) in [5, 5.41) is 1.42. The molecule has 0 bridgehead atoms. The Balaban J connectivity index is 2.64.